The van der Waals surface area contributed by atoms with Gasteiger partial charge in [-0.25, -0.2) is 4.79 Å². The lowest BCUT2D eigenvalue weighted by Gasteiger charge is -2.32. The molecule has 352 valence electrons. The van der Waals surface area contributed by atoms with Crippen molar-refractivity contribution >= 4 is 14.8 Å². The summed E-state index contributed by atoms with van der Waals surface area (Å²) in [4.78, 5) is 13.7. The first-order chi connectivity index (χ1) is 28.9. The Kier molecular flexibility index (Phi) is 15.1. The van der Waals surface area contributed by atoms with Crippen molar-refractivity contribution in [3.05, 3.63) is 94.0 Å². The van der Waals surface area contributed by atoms with Gasteiger partial charge in [0.15, 0.2) is 0 Å². The molecule has 9 heteroatoms. The van der Waals surface area contributed by atoms with Gasteiger partial charge in [0.1, 0.15) is 40.1 Å². The molecule has 4 aromatic carbocycles. The van der Waals surface area contributed by atoms with E-state index in [-0.39, 0.29) is 21.7 Å². The average molecular weight is 899 g/mol. The van der Waals surface area contributed by atoms with Gasteiger partial charge in [-0.1, -0.05) is 149 Å². The molecular formula is C55H79O8P. The van der Waals surface area contributed by atoms with E-state index in [1.165, 1.54) is 11.1 Å². The van der Waals surface area contributed by atoms with Gasteiger partial charge in [0.25, 0.3) is 0 Å². The summed E-state index contributed by atoms with van der Waals surface area (Å²) in [5.41, 5.74) is 4.58. The maximum atomic E-state index is 13.7. The van der Waals surface area contributed by atoms with Crippen LogP contribution < -0.4 is 27.8 Å². The number of carbonyl (C=O) groups is 1. The predicted molar refractivity (Wildman–Crippen MR) is 266 cm³/mol. The van der Waals surface area contributed by atoms with Crippen molar-refractivity contribution in [3.63, 3.8) is 0 Å². The highest BCUT2D eigenvalue weighted by Crippen LogP contribution is 2.55. The second-order valence-corrected chi connectivity index (χ2v) is 25.1. The molecule has 0 aliphatic carbocycles. The van der Waals surface area contributed by atoms with Gasteiger partial charge in [-0.05, 0) is 101 Å². The maximum Gasteiger partial charge on any atom is 0.530 e. The van der Waals surface area contributed by atoms with Crippen LogP contribution in [0.2, 0.25) is 0 Å². The third-order valence-electron chi connectivity index (χ3n) is 10.9. The Balaban J connectivity index is 2.17. The summed E-state index contributed by atoms with van der Waals surface area (Å²) in [5, 5.41) is 0. The van der Waals surface area contributed by atoms with E-state index in [4.69, 9.17) is 32.5 Å². The molecule has 4 rings (SSSR count). The molecule has 0 fully saturated rings. The lowest BCUT2D eigenvalue weighted by molar-refractivity contribution is 0.0203. The van der Waals surface area contributed by atoms with Crippen molar-refractivity contribution in [2.75, 3.05) is 14.2 Å². The number of benzene rings is 4. The zero-order chi connectivity index (χ0) is 48.8. The Labute approximate surface area is 388 Å². The van der Waals surface area contributed by atoms with Crippen molar-refractivity contribution in [2.45, 2.75) is 183 Å². The first kappa shape index (κ1) is 52.2. The van der Waals surface area contributed by atoms with E-state index >= 15 is 0 Å². The summed E-state index contributed by atoms with van der Waals surface area (Å²) in [5.74, 6) is 3.27. The SMILES string of the molecule is COc1cc(-c2cc(OC)cc(C(C)(C)C)c2OP(Oc2ccc(C(C)(C)C)cc2C(C)(C)C)Oc2ccc(C(C)(C)C)cc2C(C)(C)C)c(OC(=O)OC(C)(C)C)c(C(C)(C)C)c1. The zero-order valence-corrected chi connectivity index (χ0v) is 44.4. The van der Waals surface area contributed by atoms with Crippen molar-refractivity contribution in [2.24, 2.45) is 0 Å². The minimum atomic E-state index is -2.27. The van der Waals surface area contributed by atoms with Gasteiger partial charge >= 0.3 is 14.8 Å². The molecule has 0 radical (unpaired) electrons. The fourth-order valence-electron chi connectivity index (χ4n) is 7.13. The quantitative estimate of drug-likeness (QED) is 0.0884. The highest BCUT2D eigenvalue weighted by Gasteiger charge is 2.36. The largest absolute Gasteiger partial charge is 0.530 e. The summed E-state index contributed by atoms with van der Waals surface area (Å²) in [6.45, 7) is 44.4. The Morgan fingerprint density at radius 1 is 0.422 bits per heavy atom. The average Bonchev–Trinajstić information content (AvgIpc) is 3.11. The Morgan fingerprint density at radius 2 is 0.781 bits per heavy atom. The monoisotopic (exact) mass is 899 g/mol. The molecule has 0 aliphatic rings. The number of hydrogen-bond donors (Lipinski definition) is 0. The Bertz CT molecular complexity index is 2210. The zero-order valence-electron chi connectivity index (χ0n) is 43.5. The van der Waals surface area contributed by atoms with Gasteiger partial charge in [0.05, 0.1) is 14.2 Å². The van der Waals surface area contributed by atoms with Crippen molar-refractivity contribution in [1.82, 2.24) is 0 Å². The molecule has 0 atom stereocenters. The van der Waals surface area contributed by atoms with Crippen molar-refractivity contribution in [1.29, 1.82) is 0 Å². The van der Waals surface area contributed by atoms with Gasteiger partial charge < -0.3 is 32.5 Å². The number of ether oxygens (including phenoxy) is 4. The van der Waals surface area contributed by atoms with Crippen LogP contribution in [0.25, 0.3) is 11.1 Å². The van der Waals surface area contributed by atoms with Crippen LogP contribution >= 0.6 is 8.60 Å². The molecule has 0 aromatic heterocycles. The molecule has 0 N–H and O–H groups in total. The first-order valence-electron chi connectivity index (χ1n) is 22.4. The molecule has 0 saturated heterocycles. The minimum Gasteiger partial charge on any atom is -0.497 e. The third-order valence-corrected chi connectivity index (χ3v) is 11.9. The van der Waals surface area contributed by atoms with E-state index in [1.807, 2.05) is 57.2 Å². The number of methoxy groups -OCH3 is 2. The summed E-state index contributed by atoms with van der Waals surface area (Å²) in [7, 11) is 0.997. The lowest BCUT2D eigenvalue weighted by atomic mass is 9.80. The van der Waals surface area contributed by atoms with E-state index in [9.17, 15) is 4.79 Å². The minimum absolute atomic E-state index is 0.0893. The third kappa shape index (κ3) is 13.1. The van der Waals surface area contributed by atoms with Gasteiger partial charge in [-0.15, -0.1) is 0 Å². The molecule has 0 unspecified atom stereocenters. The van der Waals surface area contributed by atoms with Crippen LogP contribution in [0.1, 0.15) is 179 Å². The van der Waals surface area contributed by atoms with Gasteiger partial charge in [0.2, 0.25) is 0 Å². The fourth-order valence-corrected chi connectivity index (χ4v) is 8.23. The smallest absolute Gasteiger partial charge is 0.497 e. The molecule has 64 heavy (non-hydrogen) atoms. The van der Waals surface area contributed by atoms with E-state index in [2.05, 4.69) is 149 Å². The Hall–Kier alpha value is -4.42. The number of rotatable bonds is 10. The Morgan fingerprint density at radius 3 is 1.11 bits per heavy atom. The second-order valence-electron chi connectivity index (χ2n) is 24.1. The topological polar surface area (TPSA) is 81.7 Å². The summed E-state index contributed by atoms with van der Waals surface area (Å²) in [6, 6.07) is 20.5. The first-order valence-corrected chi connectivity index (χ1v) is 23.5. The van der Waals surface area contributed by atoms with E-state index in [0.29, 0.717) is 45.6 Å². The molecule has 8 nitrogen and oxygen atoms in total. The molecule has 4 aromatic rings. The molecule has 0 saturated carbocycles. The fraction of sp³-hybridized carbons (Fsp3) is 0.545. The summed E-state index contributed by atoms with van der Waals surface area (Å²) in [6.07, 6.45) is -0.832. The molecule has 0 heterocycles. The van der Waals surface area contributed by atoms with Gasteiger partial charge in [0, 0.05) is 33.4 Å². The van der Waals surface area contributed by atoms with Crippen LogP contribution in [-0.4, -0.2) is 26.0 Å². The van der Waals surface area contributed by atoms with E-state index in [0.717, 1.165) is 22.3 Å². The lowest BCUT2D eigenvalue weighted by Crippen LogP contribution is -2.27. The van der Waals surface area contributed by atoms with E-state index < -0.39 is 31.2 Å². The predicted octanol–water partition coefficient (Wildman–Crippen LogP) is 16.2. The van der Waals surface area contributed by atoms with Crippen LogP contribution in [0.5, 0.6) is 34.5 Å². The van der Waals surface area contributed by atoms with Crippen LogP contribution in [0.4, 0.5) is 4.79 Å². The number of hydrogen-bond acceptors (Lipinski definition) is 8. The number of carbonyl (C=O) groups excluding carboxylic acids is 1. The van der Waals surface area contributed by atoms with Crippen molar-refractivity contribution < 1.29 is 37.3 Å². The van der Waals surface area contributed by atoms with Crippen LogP contribution in [-0.2, 0) is 37.2 Å². The molecule has 0 amide bonds. The second kappa shape index (κ2) is 18.5. The molecular weight excluding hydrogens is 820 g/mol. The van der Waals surface area contributed by atoms with Gasteiger partial charge in [-0.2, -0.15) is 0 Å². The molecule has 0 aliphatic heterocycles. The highest BCUT2D eigenvalue weighted by atomic mass is 31.2. The summed E-state index contributed by atoms with van der Waals surface area (Å²) >= 11 is 0. The normalized spacial score (nSPS) is 13.1. The van der Waals surface area contributed by atoms with Crippen LogP contribution in [0.3, 0.4) is 0 Å². The highest BCUT2D eigenvalue weighted by molar-refractivity contribution is 7.43. The van der Waals surface area contributed by atoms with Crippen LogP contribution in [0.15, 0.2) is 60.7 Å². The summed E-state index contributed by atoms with van der Waals surface area (Å²) < 4.78 is 45.7. The van der Waals surface area contributed by atoms with E-state index in [1.54, 1.807) is 14.2 Å². The maximum absolute atomic E-state index is 13.7. The molecule has 0 spiro atoms. The molecule has 0 bridgehead atoms. The van der Waals surface area contributed by atoms with Crippen LogP contribution in [0, 0.1) is 0 Å². The van der Waals surface area contributed by atoms with Gasteiger partial charge in [-0.3, -0.25) is 0 Å². The van der Waals surface area contributed by atoms with Crippen molar-refractivity contribution in [3.8, 4) is 45.6 Å². The standard InChI is InChI=1S/C55H79O8P/c1-49(2,3)34-24-26-44(40(28-34)51(7,8)9)61-64(62-45-27-25-35(50(4,5)6)29-41(45)52(10,11)12)63-47-39(31-37(58-23)33-43(47)54(16,17)18)38-30-36(57-22)32-42(53(13,14)15)46(38)59-48(56)60-55(19,20)21/h24-33H,1-23H3.